The van der Waals surface area contributed by atoms with Crippen LogP contribution < -0.4 is 5.01 Å². The summed E-state index contributed by atoms with van der Waals surface area (Å²) in [7, 11) is -0.698. The highest BCUT2D eigenvalue weighted by Crippen LogP contribution is 2.48. The highest BCUT2D eigenvalue weighted by atomic mass is 32.2. The quantitative estimate of drug-likeness (QED) is 0.853. The van der Waals surface area contributed by atoms with Crippen molar-refractivity contribution in [2.45, 2.75) is 31.1 Å². The molecule has 1 aliphatic carbocycles. The standard InChI is InChI=1S/C15H19N3O3S/c1-11-15(9-6-10-15)14(19)18(16-11)12-7-4-5-8-13(12)22(20,21)17(2)3/h4-5,7-8H,6,9-10H2,1-3H3. The van der Waals surface area contributed by atoms with Gasteiger partial charge in [0.1, 0.15) is 4.90 Å². The van der Waals surface area contributed by atoms with Crippen molar-refractivity contribution in [2.24, 2.45) is 10.5 Å². The molecule has 0 unspecified atom stereocenters. The minimum atomic E-state index is -3.64. The van der Waals surface area contributed by atoms with E-state index in [1.807, 2.05) is 6.92 Å². The lowest BCUT2D eigenvalue weighted by Crippen LogP contribution is -2.44. The minimum Gasteiger partial charge on any atom is -0.271 e. The molecule has 118 valence electrons. The molecule has 2 aliphatic rings. The largest absolute Gasteiger partial charge is 0.271 e. The first-order valence-corrected chi connectivity index (χ1v) is 8.66. The van der Waals surface area contributed by atoms with Gasteiger partial charge in [-0.25, -0.2) is 12.7 Å². The third-order valence-electron chi connectivity index (χ3n) is 4.60. The maximum atomic E-state index is 12.8. The Morgan fingerprint density at radius 1 is 1.23 bits per heavy atom. The average molecular weight is 321 g/mol. The maximum Gasteiger partial charge on any atom is 0.259 e. The van der Waals surface area contributed by atoms with E-state index in [0.717, 1.165) is 29.3 Å². The van der Waals surface area contributed by atoms with E-state index in [1.165, 1.54) is 25.2 Å². The molecule has 1 amide bonds. The number of para-hydroxylation sites is 1. The van der Waals surface area contributed by atoms with E-state index in [-0.39, 0.29) is 10.8 Å². The summed E-state index contributed by atoms with van der Waals surface area (Å²) in [5.74, 6) is -0.113. The lowest BCUT2D eigenvalue weighted by atomic mass is 9.66. The van der Waals surface area contributed by atoms with Crippen LogP contribution in [0.3, 0.4) is 0 Å². The Kier molecular flexibility index (Phi) is 3.37. The van der Waals surface area contributed by atoms with Crippen molar-refractivity contribution in [1.82, 2.24) is 4.31 Å². The number of sulfonamides is 1. The molecule has 0 radical (unpaired) electrons. The molecule has 1 spiro atoms. The smallest absolute Gasteiger partial charge is 0.259 e. The first-order valence-electron chi connectivity index (χ1n) is 7.22. The van der Waals surface area contributed by atoms with Crippen LogP contribution in [0.25, 0.3) is 0 Å². The number of amides is 1. The average Bonchev–Trinajstić information content (AvgIpc) is 2.69. The molecule has 1 saturated carbocycles. The highest BCUT2D eigenvalue weighted by molar-refractivity contribution is 7.89. The van der Waals surface area contributed by atoms with Crippen LogP contribution in [0.4, 0.5) is 5.69 Å². The van der Waals surface area contributed by atoms with Crippen LogP contribution in [0.1, 0.15) is 26.2 Å². The van der Waals surface area contributed by atoms with E-state index >= 15 is 0 Å². The zero-order chi connectivity index (χ0) is 16.1. The molecule has 0 saturated heterocycles. The molecular weight excluding hydrogens is 302 g/mol. The second kappa shape index (κ2) is 4.89. The maximum absolute atomic E-state index is 12.8. The molecule has 1 aliphatic heterocycles. The number of hydrogen-bond acceptors (Lipinski definition) is 4. The fourth-order valence-electron chi connectivity index (χ4n) is 2.96. The number of carbonyl (C=O) groups excluding carboxylic acids is 1. The summed E-state index contributed by atoms with van der Waals surface area (Å²) in [5.41, 5.74) is 0.597. The van der Waals surface area contributed by atoms with Gasteiger partial charge in [-0.05, 0) is 31.9 Å². The molecule has 1 heterocycles. The van der Waals surface area contributed by atoms with E-state index < -0.39 is 15.4 Å². The first kappa shape index (κ1) is 15.2. The topological polar surface area (TPSA) is 70.1 Å². The van der Waals surface area contributed by atoms with Gasteiger partial charge >= 0.3 is 0 Å². The van der Waals surface area contributed by atoms with Crippen LogP contribution in [0, 0.1) is 5.41 Å². The summed E-state index contributed by atoms with van der Waals surface area (Å²) in [6.45, 7) is 1.85. The molecule has 3 rings (SSSR count). The van der Waals surface area contributed by atoms with Gasteiger partial charge in [-0.15, -0.1) is 0 Å². The molecule has 0 aromatic heterocycles. The Morgan fingerprint density at radius 2 is 1.86 bits per heavy atom. The first-order chi connectivity index (χ1) is 10.3. The van der Waals surface area contributed by atoms with Gasteiger partial charge in [0.05, 0.1) is 16.8 Å². The normalized spacial score (nSPS) is 20.5. The summed E-state index contributed by atoms with van der Waals surface area (Å²) < 4.78 is 26.1. The van der Waals surface area contributed by atoms with Crippen molar-refractivity contribution in [3.05, 3.63) is 24.3 Å². The van der Waals surface area contributed by atoms with Crippen LogP contribution in [-0.4, -0.2) is 38.4 Å². The van der Waals surface area contributed by atoms with Crippen LogP contribution in [-0.2, 0) is 14.8 Å². The molecule has 1 aromatic carbocycles. The van der Waals surface area contributed by atoms with Crippen LogP contribution in [0.15, 0.2) is 34.3 Å². The van der Waals surface area contributed by atoms with Crippen molar-refractivity contribution >= 4 is 27.3 Å². The van der Waals surface area contributed by atoms with E-state index in [4.69, 9.17) is 0 Å². The van der Waals surface area contributed by atoms with E-state index in [1.54, 1.807) is 18.2 Å². The zero-order valence-corrected chi connectivity index (χ0v) is 13.7. The van der Waals surface area contributed by atoms with Crippen molar-refractivity contribution in [1.29, 1.82) is 0 Å². The lowest BCUT2D eigenvalue weighted by Gasteiger charge is -2.36. The Labute approximate surface area is 130 Å². The van der Waals surface area contributed by atoms with Crippen molar-refractivity contribution < 1.29 is 13.2 Å². The van der Waals surface area contributed by atoms with E-state index in [0.29, 0.717) is 5.69 Å². The minimum absolute atomic E-state index is 0.0984. The van der Waals surface area contributed by atoms with Gasteiger partial charge in [-0.3, -0.25) is 4.79 Å². The van der Waals surface area contributed by atoms with E-state index in [2.05, 4.69) is 5.10 Å². The number of hydrogen-bond donors (Lipinski definition) is 0. The fourth-order valence-corrected chi connectivity index (χ4v) is 4.03. The molecule has 0 atom stereocenters. The fraction of sp³-hybridized carbons (Fsp3) is 0.467. The van der Waals surface area contributed by atoms with Gasteiger partial charge in [0.25, 0.3) is 5.91 Å². The Balaban J connectivity index is 2.10. The second-order valence-electron chi connectivity index (χ2n) is 5.99. The Bertz CT molecular complexity index is 764. The molecule has 6 nitrogen and oxygen atoms in total. The van der Waals surface area contributed by atoms with Gasteiger partial charge in [-0.2, -0.15) is 10.1 Å². The number of anilines is 1. The number of hydrazone groups is 1. The van der Waals surface area contributed by atoms with Gasteiger partial charge in [0.15, 0.2) is 0 Å². The van der Waals surface area contributed by atoms with Gasteiger partial charge < -0.3 is 0 Å². The predicted octanol–water partition coefficient (Wildman–Crippen LogP) is 1.83. The molecule has 7 heteroatoms. The molecular formula is C15H19N3O3S. The zero-order valence-electron chi connectivity index (χ0n) is 12.9. The third kappa shape index (κ3) is 1.92. The monoisotopic (exact) mass is 321 g/mol. The van der Waals surface area contributed by atoms with Crippen molar-refractivity contribution in [3.63, 3.8) is 0 Å². The van der Waals surface area contributed by atoms with E-state index in [9.17, 15) is 13.2 Å². The highest BCUT2D eigenvalue weighted by Gasteiger charge is 2.53. The summed E-state index contributed by atoms with van der Waals surface area (Å²) in [6.07, 6.45) is 2.59. The van der Waals surface area contributed by atoms with Gasteiger partial charge in [0, 0.05) is 14.1 Å². The second-order valence-corrected chi connectivity index (χ2v) is 8.11. The van der Waals surface area contributed by atoms with Crippen molar-refractivity contribution in [3.8, 4) is 0 Å². The van der Waals surface area contributed by atoms with Crippen molar-refractivity contribution in [2.75, 3.05) is 19.1 Å². The Hall–Kier alpha value is -1.73. The van der Waals surface area contributed by atoms with Crippen LogP contribution >= 0.6 is 0 Å². The summed E-state index contributed by atoms with van der Waals surface area (Å²) in [6, 6.07) is 6.50. The number of benzene rings is 1. The number of nitrogens with zero attached hydrogens (tertiary/aromatic N) is 3. The van der Waals surface area contributed by atoms with Gasteiger partial charge in [0.2, 0.25) is 10.0 Å². The molecule has 22 heavy (non-hydrogen) atoms. The lowest BCUT2D eigenvalue weighted by molar-refractivity contribution is -0.126. The SMILES string of the molecule is CC1=NN(c2ccccc2S(=O)(=O)N(C)C)C(=O)C12CCC2. The van der Waals surface area contributed by atoms with Crippen LogP contribution in [0.5, 0.6) is 0 Å². The summed E-state index contributed by atoms with van der Waals surface area (Å²) in [4.78, 5) is 12.9. The summed E-state index contributed by atoms with van der Waals surface area (Å²) in [5, 5.41) is 5.63. The third-order valence-corrected chi connectivity index (χ3v) is 6.47. The molecule has 1 aromatic rings. The molecule has 0 N–H and O–H groups in total. The molecule has 1 fully saturated rings. The number of rotatable bonds is 3. The van der Waals surface area contributed by atoms with Gasteiger partial charge in [-0.1, -0.05) is 18.6 Å². The molecule has 0 bridgehead atoms. The number of carbonyl (C=O) groups is 1. The summed E-state index contributed by atoms with van der Waals surface area (Å²) >= 11 is 0. The van der Waals surface area contributed by atoms with Crippen LogP contribution in [0.2, 0.25) is 0 Å². The Morgan fingerprint density at radius 3 is 2.36 bits per heavy atom. The predicted molar refractivity (Wildman–Crippen MR) is 84.2 cm³/mol.